The van der Waals surface area contributed by atoms with E-state index in [1.54, 1.807) is 4.68 Å². The van der Waals surface area contributed by atoms with Crippen LogP contribution in [0, 0.1) is 5.41 Å². The molecule has 4 heterocycles. The van der Waals surface area contributed by atoms with Crippen LogP contribution in [0.1, 0.15) is 62.6 Å². The van der Waals surface area contributed by atoms with Gasteiger partial charge in [-0.05, 0) is 50.8 Å². The van der Waals surface area contributed by atoms with Gasteiger partial charge in [0.05, 0.1) is 11.1 Å². The standard InChI is InChI=1S/C30H43N7O3/c38-27(11-18-35-15-6-1-2-7-16-35)36-19-12-30(13-20-36)22-25-23-37(34-33-25)17-8-14-31-28(39)26(32-29(30)40)21-24-9-4-3-5-10-24/h3-5,9-10,23,26H,1-2,6-8,11-22H2,(H,31,39)(H,32,40)/t26-/m0/s1. The van der Waals surface area contributed by atoms with Crippen LogP contribution in [0.2, 0.25) is 0 Å². The Morgan fingerprint density at radius 3 is 2.45 bits per heavy atom. The number of aromatic nitrogens is 3. The molecule has 1 atom stereocenters. The molecular weight excluding hydrogens is 506 g/mol. The maximum Gasteiger partial charge on any atom is 0.242 e. The Labute approximate surface area is 236 Å². The maximum absolute atomic E-state index is 14.0. The number of rotatable bonds is 5. The summed E-state index contributed by atoms with van der Waals surface area (Å²) >= 11 is 0. The highest BCUT2D eigenvalue weighted by Crippen LogP contribution is 2.36. The molecule has 2 fully saturated rings. The molecule has 2 N–H and O–H groups in total. The number of hydrogen-bond acceptors (Lipinski definition) is 6. The van der Waals surface area contributed by atoms with Gasteiger partial charge in [0.2, 0.25) is 17.7 Å². The van der Waals surface area contributed by atoms with Gasteiger partial charge >= 0.3 is 0 Å². The minimum atomic E-state index is -0.758. The lowest BCUT2D eigenvalue weighted by atomic mass is 9.73. The Kier molecular flexibility index (Phi) is 9.46. The van der Waals surface area contributed by atoms with E-state index < -0.39 is 11.5 Å². The minimum Gasteiger partial charge on any atom is -0.354 e. The van der Waals surface area contributed by atoms with E-state index in [1.807, 2.05) is 41.4 Å². The normalized spacial score (nSPS) is 22.8. The number of likely N-dealkylation sites (tertiary alicyclic amines) is 2. The molecule has 0 saturated carbocycles. The van der Waals surface area contributed by atoms with Crippen molar-refractivity contribution in [3.05, 3.63) is 47.8 Å². The van der Waals surface area contributed by atoms with Gasteiger partial charge in [0.1, 0.15) is 6.04 Å². The van der Waals surface area contributed by atoms with Gasteiger partial charge in [-0.25, -0.2) is 0 Å². The third kappa shape index (κ3) is 7.27. The van der Waals surface area contributed by atoms with E-state index in [0.29, 0.717) is 58.3 Å². The predicted molar refractivity (Wildman–Crippen MR) is 151 cm³/mol. The lowest BCUT2D eigenvalue weighted by Crippen LogP contribution is -2.56. The van der Waals surface area contributed by atoms with E-state index in [2.05, 4.69) is 25.8 Å². The number of carbonyl (C=O) groups excluding carboxylic acids is 3. The van der Waals surface area contributed by atoms with Crippen molar-refractivity contribution in [2.75, 3.05) is 39.3 Å². The zero-order chi connectivity index (χ0) is 27.8. The first kappa shape index (κ1) is 28.3. The number of nitrogens with one attached hydrogen (secondary N) is 2. The van der Waals surface area contributed by atoms with Gasteiger partial charge in [0.15, 0.2) is 0 Å². The molecule has 3 amide bonds. The van der Waals surface area contributed by atoms with Gasteiger partial charge in [-0.2, -0.15) is 0 Å². The second-order valence-corrected chi connectivity index (χ2v) is 11.7. The molecule has 3 aliphatic heterocycles. The number of hydrogen-bond donors (Lipinski definition) is 2. The number of carbonyl (C=O) groups is 3. The van der Waals surface area contributed by atoms with E-state index in [4.69, 9.17) is 0 Å². The molecule has 10 nitrogen and oxygen atoms in total. The monoisotopic (exact) mass is 549 g/mol. The van der Waals surface area contributed by atoms with Crippen LogP contribution in [0.25, 0.3) is 0 Å². The molecule has 0 radical (unpaired) electrons. The van der Waals surface area contributed by atoms with E-state index in [-0.39, 0.29) is 17.7 Å². The van der Waals surface area contributed by atoms with Crippen LogP contribution in [0.5, 0.6) is 0 Å². The van der Waals surface area contributed by atoms with Gasteiger partial charge in [0, 0.05) is 58.2 Å². The second kappa shape index (κ2) is 13.4. The maximum atomic E-state index is 14.0. The molecular formula is C30H43N7O3. The van der Waals surface area contributed by atoms with Crippen molar-refractivity contribution in [1.29, 1.82) is 0 Å². The largest absolute Gasteiger partial charge is 0.354 e. The molecule has 1 aromatic carbocycles. The molecule has 5 rings (SSSR count). The molecule has 1 spiro atoms. The predicted octanol–water partition coefficient (Wildman–Crippen LogP) is 1.94. The lowest BCUT2D eigenvalue weighted by Gasteiger charge is -2.41. The molecule has 216 valence electrons. The van der Waals surface area contributed by atoms with Crippen LogP contribution in [0.4, 0.5) is 0 Å². The van der Waals surface area contributed by atoms with Gasteiger partial charge in [-0.15, -0.1) is 5.10 Å². The zero-order valence-electron chi connectivity index (χ0n) is 23.5. The first-order valence-corrected chi connectivity index (χ1v) is 15.0. The summed E-state index contributed by atoms with van der Waals surface area (Å²) in [5.41, 5.74) is 1.01. The summed E-state index contributed by atoms with van der Waals surface area (Å²) in [7, 11) is 0. The lowest BCUT2D eigenvalue weighted by molar-refractivity contribution is -0.142. The van der Waals surface area contributed by atoms with Crippen LogP contribution in [-0.2, 0) is 33.8 Å². The van der Waals surface area contributed by atoms with Crippen molar-refractivity contribution < 1.29 is 14.4 Å². The van der Waals surface area contributed by atoms with Crippen molar-refractivity contribution >= 4 is 17.7 Å². The highest BCUT2D eigenvalue weighted by atomic mass is 16.2. The number of nitrogens with zero attached hydrogens (tertiary/aromatic N) is 5. The summed E-state index contributed by atoms with van der Waals surface area (Å²) in [6.45, 7) is 5.15. The summed E-state index contributed by atoms with van der Waals surface area (Å²) in [5, 5.41) is 14.7. The van der Waals surface area contributed by atoms with Crippen molar-refractivity contribution in [2.45, 2.75) is 76.8 Å². The van der Waals surface area contributed by atoms with Gasteiger partial charge in [-0.1, -0.05) is 48.4 Å². The molecule has 0 unspecified atom stereocenters. The van der Waals surface area contributed by atoms with Gasteiger partial charge in [-0.3, -0.25) is 19.1 Å². The van der Waals surface area contributed by atoms with Crippen LogP contribution >= 0.6 is 0 Å². The number of aryl methyl sites for hydroxylation is 1. The van der Waals surface area contributed by atoms with E-state index in [9.17, 15) is 14.4 Å². The smallest absolute Gasteiger partial charge is 0.242 e. The third-order valence-corrected chi connectivity index (χ3v) is 8.77. The average Bonchev–Trinajstić information content (AvgIpc) is 3.24. The van der Waals surface area contributed by atoms with Crippen molar-refractivity contribution in [3.8, 4) is 0 Å². The fourth-order valence-corrected chi connectivity index (χ4v) is 6.26. The van der Waals surface area contributed by atoms with E-state index >= 15 is 0 Å². The minimum absolute atomic E-state index is 0.144. The van der Waals surface area contributed by atoms with Crippen molar-refractivity contribution in [2.24, 2.45) is 5.41 Å². The van der Waals surface area contributed by atoms with Crippen LogP contribution < -0.4 is 10.6 Å². The molecule has 2 aromatic rings. The first-order chi connectivity index (χ1) is 19.5. The van der Waals surface area contributed by atoms with Gasteiger partial charge in [0.25, 0.3) is 0 Å². The number of piperidine rings is 1. The second-order valence-electron chi connectivity index (χ2n) is 11.7. The summed E-state index contributed by atoms with van der Waals surface area (Å²) in [6, 6.07) is 9.11. The summed E-state index contributed by atoms with van der Waals surface area (Å²) in [4.78, 5) is 44.7. The summed E-state index contributed by atoms with van der Waals surface area (Å²) in [6.07, 6.45) is 10.1. The van der Waals surface area contributed by atoms with Gasteiger partial charge < -0.3 is 20.4 Å². The first-order valence-electron chi connectivity index (χ1n) is 15.0. The molecule has 10 heteroatoms. The topological polar surface area (TPSA) is 112 Å². The molecule has 1 aromatic heterocycles. The Morgan fingerprint density at radius 1 is 0.950 bits per heavy atom. The van der Waals surface area contributed by atoms with Crippen LogP contribution in [0.15, 0.2) is 36.5 Å². The van der Waals surface area contributed by atoms with Crippen LogP contribution in [0.3, 0.4) is 0 Å². The van der Waals surface area contributed by atoms with Crippen molar-refractivity contribution in [1.82, 2.24) is 35.4 Å². The number of benzene rings is 1. The quantitative estimate of drug-likeness (QED) is 0.590. The molecule has 2 bridgehead atoms. The fraction of sp³-hybridized carbons (Fsp3) is 0.633. The SMILES string of the molecule is O=C1NCCCn2cc(nn2)CC2(CCN(C(=O)CCN3CCCCCC3)CC2)C(=O)N[C@H]1Cc1ccccc1. The molecule has 0 aliphatic carbocycles. The highest BCUT2D eigenvalue weighted by Gasteiger charge is 2.44. The Morgan fingerprint density at radius 2 is 1.70 bits per heavy atom. The molecule has 2 saturated heterocycles. The van der Waals surface area contributed by atoms with Crippen LogP contribution in [-0.4, -0.2) is 87.8 Å². The Bertz CT molecular complexity index is 1140. The summed E-state index contributed by atoms with van der Waals surface area (Å²) in [5.74, 6) is -0.156. The average molecular weight is 550 g/mol. The molecule has 40 heavy (non-hydrogen) atoms. The fourth-order valence-electron chi connectivity index (χ4n) is 6.26. The Hall–Kier alpha value is -3.27. The zero-order valence-corrected chi connectivity index (χ0v) is 23.5. The summed E-state index contributed by atoms with van der Waals surface area (Å²) < 4.78 is 1.79. The number of amides is 3. The highest BCUT2D eigenvalue weighted by molar-refractivity contribution is 5.90. The van der Waals surface area contributed by atoms with Crippen molar-refractivity contribution in [3.63, 3.8) is 0 Å². The molecule has 3 aliphatic rings. The van der Waals surface area contributed by atoms with E-state index in [0.717, 1.165) is 37.3 Å². The number of fused-ring (bicyclic) bond motifs is 2. The third-order valence-electron chi connectivity index (χ3n) is 8.77. The Balaban J connectivity index is 1.29. The van der Waals surface area contributed by atoms with E-state index in [1.165, 1.54) is 25.7 Å².